The largest absolute Gasteiger partial charge is 0.494 e. The lowest BCUT2D eigenvalue weighted by molar-refractivity contribution is 0.340. The van der Waals surface area contributed by atoms with Crippen molar-refractivity contribution < 1.29 is 4.74 Å². The Morgan fingerprint density at radius 1 is 0.933 bits per heavy atom. The number of halogens is 2. The van der Waals surface area contributed by atoms with Crippen LogP contribution in [-0.4, -0.2) is 26.4 Å². The van der Waals surface area contributed by atoms with E-state index >= 15 is 0 Å². The van der Waals surface area contributed by atoms with E-state index in [1.165, 1.54) is 0 Å². The SMILES string of the molecule is CCOc1ccc(-n2c(SCc3ccc(Cl)c(Cl)c3)nnc2-c2ccncc2)cc1. The predicted molar refractivity (Wildman–Crippen MR) is 122 cm³/mol. The molecule has 152 valence electrons. The number of aromatic nitrogens is 4. The summed E-state index contributed by atoms with van der Waals surface area (Å²) in [7, 11) is 0. The highest BCUT2D eigenvalue weighted by molar-refractivity contribution is 7.98. The monoisotopic (exact) mass is 456 g/mol. The molecule has 0 unspecified atom stereocenters. The smallest absolute Gasteiger partial charge is 0.196 e. The summed E-state index contributed by atoms with van der Waals surface area (Å²) >= 11 is 13.8. The summed E-state index contributed by atoms with van der Waals surface area (Å²) in [4.78, 5) is 4.10. The normalized spacial score (nSPS) is 10.9. The number of hydrogen-bond acceptors (Lipinski definition) is 5. The second kappa shape index (κ2) is 9.51. The van der Waals surface area contributed by atoms with Crippen LogP contribution in [0.2, 0.25) is 10.0 Å². The fourth-order valence-corrected chi connectivity index (χ4v) is 4.14. The molecule has 8 heteroatoms. The van der Waals surface area contributed by atoms with E-state index in [0.29, 0.717) is 22.4 Å². The average Bonchev–Trinajstić information content (AvgIpc) is 3.20. The number of rotatable bonds is 7. The zero-order chi connectivity index (χ0) is 20.9. The van der Waals surface area contributed by atoms with Crippen molar-refractivity contribution in [2.24, 2.45) is 0 Å². The molecule has 2 aromatic carbocycles. The van der Waals surface area contributed by atoms with Crippen LogP contribution in [0.5, 0.6) is 5.75 Å². The molecule has 0 saturated heterocycles. The van der Waals surface area contributed by atoms with E-state index in [9.17, 15) is 0 Å². The molecular formula is C22H18Cl2N4OS. The van der Waals surface area contributed by atoms with Gasteiger partial charge in [-0.05, 0) is 61.0 Å². The molecule has 0 aliphatic rings. The molecule has 4 aromatic rings. The van der Waals surface area contributed by atoms with E-state index in [2.05, 4.69) is 15.2 Å². The summed E-state index contributed by atoms with van der Waals surface area (Å²) in [5, 5.41) is 10.8. The van der Waals surface area contributed by atoms with Gasteiger partial charge in [-0.3, -0.25) is 9.55 Å². The Bertz CT molecular complexity index is 1130. The quantitative estimate of drug-likeness (QED) is 0.304. The van der Waals surface area contributed by atoms with Crippen LogP contribution in [0, 0.1) is 0 Å². The van der Waals surface area contributed by atoms with Crippen LogP contribution in [-0.2, 0) is 5.75 Å². The van der Waals surface area contributed by atoms with Crippen LogP contribution in [0.3, 0.4) is 0 Å². The maximum Gasteiger partial charge on any atom is 0.196 e. The average molecular weight is 457 g/mol. The van der Waals surface area contributed by atoms with Crippen molar-refractivity contribution >= 4 is 35.0 Å². The van der Waals surface area contributed by atoms with E-state index in [4.69, 9.17) is 27.9 Å². The van der Waals surface area contributed by atoms with E-state index in [-0.39, 0.29) is 0 Å². The van der Waals surface area contributed by atoms with Crippen LogP contribution < -0.4 is 4.74 Å². The zero-order valence-corrected chi connectivity index (χ0v) is 18.5. The lowest BCUT2D eigenvalue weighted by Gasteiger charge is -2.11. The highest BCUT2D eigenvalue weighted by Gasteiger charge is 2.16. The molecule has 0 aliphatic carbocycles. The van der Waals surface area contributed by atoms with Gasteiger partial charge in [0.05, 0.1) is 16.7 Å². The highest BCUT2D eigenvalue weighted by Crippen LogP contribution is 2.31. The van der Waals surface area contributed by atoms with E-state index in [1.54, 1.807) is 30.2 Å². The van der Waals surface area contributed by atoms with Crippen LogP contribution >= 0.6 is 35.0 Å². The third-order valence-electron chi connectivity index (χ3n) is 4.33. The van der Waals surface area contributed by atoms with Gasteiger partial charge in [-0.1, -0.05) is 41.0 Å². The third-order valence-corrected chi connectivity index (χ3v) is 6.07. The van der Waals surface area contributed by atoms with Crippen molar-refractivity contribution in [2.75, 3.05) is 6.61 Å². The summed E-state index contributed by atoms with van der Waals surface area (Å²) in [6.45, 7) is 2.59. The van der Waals surface area contributed by atoms with Gasteiger partial charge in [0.15, 0.2) is 11.0 Å². The molecule has 0 amide bonds. The minimum absolute atomic E-state index is 0.542. The maximum absolute atomic E-state index is 6.16. The summed E-state index contributed by atoms with van der Waals surface area (Å²) < 4.78 is 7.61. The second-order valence-corrected chi connectivity index (χ2v) is 8.10. The molecule has 0 aliphatic heterocycles. The summed E-state index contributed by atoms with van der Waals surface area (Å²) in [5.74, 6) is 2.26. The maximum atomic E-state index is 6.16. The summed E-state index contributed by atoms with van der Waals surface area (Å²) in [5.41, 5.74) is 2.95. The Morgan fingerprint density at radius 2 is 1.70 bits per heavy atom. The van der Waals surface area contributed by atoms with Gasteiger partial charge in [0, 0.05) is 29.4 Å². The number of thioether (sulfide) groups is 1. The Hall–Kier alpha value is -2.54. The molecule has 0 atom stereocenters. The van der Waals surface area contributed by atoms with Gasteiger partial charge in [-0.2, -0.15) is 0 Å². The molecule has 2 heterocycles. The number of nitrogens with zero attached hydrogens (tertiary/aromatic N) is 4. The lowest BCUT2D eigenvalue weighted by atomic mass is 10.2. The summed E-state index contributed by atoms with van der Waals surface area (Å²) in [6, 6.07) is 17.4. The first kappa shape index (κ1) is 20.7. The number of benzene rings is 2. The fourth-order valence-electron chi connectivity index (χ4n) is 2.92. The molecule has 0 fully saturated rings. The molecule has 0 spiro atoms. The first-order valence-electron chi connectivity index (χ1n) is 9.31. The van der Waals surface area contributed by atoms with Gasteiger partial charge in [-0.15, -0.1) is 10.2 Å². The van der Waals surface area contributed by atoms with E-state index in [0.717, 1.165) is 33.5 Å². The van der Waals surface area contributed by atoms with Gasteiger partial charge >= 0.3 is 0 Å². The highest BCUT2D eigenvalue weighted by atomic mass is 35.5. The summed E-state index contributed by atoms with van der Waals surface area (Å²) in [6.07, 6.45) is 3.49. The van der Waals surface area contributed by atoms with Crippen LogP contribution in [0.1, 0.15) is 12.5 Å². The minimum atomic E-state index is 0.542. The molecule has 30 heavy (non-hydrogen) atoms. The van der Waals surface area contributed by atoms with Crippen molar-refractivity contribution in [3.8, 4) is 22.8 Å². The number of pyridine rings is 1. The van der Waals surface area contributed by atoms with Gasteiger partial charge in [0.2, 0.25) is 0 Å². The second-order valence-electron chi connectivity index (χ2n) is 6.34. The van der Waals surface area contributed by atoms with Crippen LogP contribution in [0.4, 0.5) is 0 Å². The van der Waals surface area contributed by atoms with Gasteiger partial charge in [0.25, 0.3) is 0 Å². The Balaban J connectivity index is 1.69. The molecule has 0 bridgehead atoms. The van der Waals surface area contributed by atoms with E-state index in [1.807, 2.05) is 60.0 Å². The van der Waals surface area contributed by atoms with Crippen LogP contribution in [0.15, 0.2) is 72.1 Å². The van der Waals surface area contributed by atoms with Gasteiger partial charge in [-0.25, -0.2) is 0 Å². The first-order valence-corrected chi connectivity index (χ1v) is 11.1. The molecule has 2 aromatic heterocycles. The van der Waals surface area contributed by atoms with Gasteiger partial charge in [0.1, 0.15) is 5.75 Å². The Labute approximate surface area is 189 Å². The molecule has 4 rings (SSSR count). The topological polar surface area (TPSA) is 52.8 Å². The van der Waals surface area contributed by atoms with Crippen molar-refractivity contribution in [1.82, 2.24) is 19.7 Å². The predicted octanol–water partition coefficient (Wildman–Crippen LogP) is 6.33. The van der Waals surface area contributed by atoms with Crippen molar-refractivity contribution in [3.05, 3.63) is 82.6 Å². The standard InChI is InChI=1S/C22H18Cl2N4OS/c1-2-29-18-6-4-17(5-7-18)28-21(16-9-11-25-12-10-16)26-27-22(28)30-14-15-3-8-19(23)20(24)13-15/h3-13H,2,14H2,1H3. The third kappa shape index (κ3) is 4.61. The number of hydrogen-bond donors (Lipinski definition) is 0. The van der Waals surface area contributed by atoms with Crippen LogP contribution in [0.25, 0.3) is 17.1 Å². The van der Waals surface area contributed by atoms with Crippen molar-refractivity contribution in [3.63, 3.8) is 0 Å². The lowest BCUT2D eigenvalue weighted by Crippen LogP contribution is -2.00. The fraction of sp³-hybridized carbons (Fsp3) is 0.136. The minimum Gasteiger partial charge on any atom is -0.494 e. The molecule has 0 N–H and O–H groups in total. The van der Waals surface area contributed by atoms with Crippen molar-refractivity contribution in [2.45, 2.75) is 17.8 Å². The molecular weight excluding hydrogens is 439 g/mol. The first-order chi connectivity index (χ1) is 14.7. The van der Waals surface area contributed by atoms with Gasteiger partial charge < -0.3 is 4.74 Å². The molecule has 5 nitrogen and oxygen atoms in total. The molecule has 0 radical (unpaired) electrons. The number of ether oxygens (including phenoxy) is 1. The zero-order valence-electron chi connectivity index (χ0n) is 16.1. The Kier molecular flexibility index (Phi) is 6.57. The Morgan fingerprint density at radius 3 is 2.40 bits per heavy atom. The molecule has 0 saturated carbocycles. The van der Waals surface area contributed by atoms with E-state index < -0.39 is 0 Å². The van der Waals surface area contributed by atoms with Crippen molar-refractivity contribution in [1.29, 1.82) is 0 Å².